The summed E-state index contributed by atoms with van der Waals surface area (Å²) >= 11 is 0. The summed E-state index contributed by atoms with van der Waals surface area (Å²) in [6.45, 7) is 6.98. The summed E-state index contributed by atoms with van der Waals surface area (Å²) in [7, 11) is 0. The first-order chi connectivity index (χ1) is 25.3. The number of unbranched alkanes of at least 4 members (excludes halogenated alkanes) is 41. The highest BCUT2D eigenvalue weighted by atomic mass is 14.1. The molecule has 0 aromatic carbocycles. The topological polar surface area (TPSA) is 0 Å². The van der Waals surface area contributed by atoms with Gasteiger partial charge in [0.1, 0.15) is 0 Å². The van der Waals surface area contributed by atoms with Gasteiger partial charge in [-0.05, 0) is 5.92 Å². The summed E-state index contributed by atoms with van der Waals surface area (Å²) in [5, 5.41) is 0. The zero-order valence-electron chi connectivity index (χ0n) is 36.8. The van der Waals surface area contributed by atoms with Crippen molar-refractivity contribution in [2.75, 3.05) is 0 Å². The van der Waals surface area contributed by atoms with Gasteiger partial charge in [-0.3, -0.25) is 0 Å². The lowest BCUT2D eigenvalue weighted by atomic mass is 9.89. The monoisotopic (exact) mass is 717 g/mol. The van der Waals surface area contributed by atoms with Crippen LogP contribution in [0.3, 0.4) is 0 Å². The van der Waals surface area contributed by atoms with Crippen molar-refractivity contribution < 1.29 is 0 Å². The fraction of sp³-hybridized carbons (Fsp3) is 1.00. The van der Waals surface area contributed by atoms with E-state index in [0.717, 1.165) is 5.92 Å². The Balaban J connectivity index is 3.37. The Morgan fingerprint density at radius 2 is 0.275 bits per heavy atom. The van der Waals surface area contributed by atoms with E-state index < -0.39 is 0 Å². The summed E-state index contributed by atoms with van der Waals surface area (Å²) < 4.78 is 0. The molecule has 0 rings (SSSR count). The van der Waals surface area contributed by atoms with Crippen LogP contribution in [0.4, 0.5) is 0 Å². The molecule has 0 spiro atoms. The maximum Gasteiger partial charge on any atom is -0.0414 e. The van der Waals surface area contributed by atoms with Crippen LogP contribution in [0.5, 0.6) is 0 Å². The van der Waals surface area contributed by atoms with Crippen molar-refractivity contribution in [3.63, 3.8) is 0 Å². The molecule has 0 amide bonds. The largest absolute Gasteiger partial charge is 0.0654 e. The van der Waals surface area contributed by atoms with Crippen molar-refractivity contribution >= 4 is 0 Å². The van der Waals surface area contributed by atoms with Crippen molar-refractivity contribution in [1.29, 1.82) is 0 Å². The Bertz CT molecular complexity index is 548. The second kappa shape index (κ2) is 48.0. The second-order valence-electron chi connectivity index (χ2n) is 17.7. The van der Waals surface area contributed by atoms with Gasteiger partial charge in [-0.2, -0.15) is 0 Å². The molecule has 0 N–H and O–H groups in total. The van der Waals surface area contributed by atoms with Crippen LogP contribution in [0.1, 0.15) is 323 Å². The first-order valence-corrected chi connectivity index (χ1v) is 25.3. The molecule has 0 unspecified atom stereocenters. The van der Waals surface area contributed by atoms with Gasteiger partial charge in [-0.15, -0.1) is 0 Å². The van der Waals surface area contributed by atoms with Crippen LogP contribution < -0.4 is 0 Å². The van der Waals surface area contributed by atoms with E-state index in [1.807, 2.05) is 0 Å². The zero-order chi connectivity index (χ0) is 36.8. The molecule has 0 fully saturated rings. The van der Waals surface area contributed by atoms with E-state index in [2.05, 4.69) is 20.8 Å². The molecule has 308 valence electrons. The van der Waals surface area contributed by atoms with Crippen LogP contribution in [0.2, 0.25) is 0 Å². The van der Waals surface area contributed by atoms with Crippen LogP contribution in [0.15, 0.2) is 0 Å². The molecule has 0 heterocycles. The number of hydrogen-bond acceptors (Lipinski definition) is 0. The molecule has 0 aromatic heterocycles. The molecule has 0 heteroatoms. The normalized spacial score (nSPS) is 11.8. The zero-order valence-corrected chi connectivity index (χ0v) is 36.8. The van der Waals surface area contributed by atoms with E-state index >= 15 is 0 Å². The van der Waals surface area contributed by atoms with Gasteiger partial charge in [-0.1, -0.05) is 323 Å². The molecule has 0 bridgehead atoms. The van der Waals surface area contributed by atoms with E-state index in [-0.39, 0.29) is 0 Å². The summed E-state index contributed by atoms with van der Waals surface area (Å²) in [5.41, 5.74) is 0. The van der Waals surface area contributed by atoms with Crippen LogP contribution in [-0.2, 0) is 0 Å². The molecule has 0 atom stereocenters. The maximum absolute atomic E-state index is 2.34. The second-order valence-corrected chi connectivity index (χ2v) is 17.7. The minimum absolute atomic E-state index is 1.04. The van der Waals surface area contributed by atoms with Gasteiger partial charge in [0.2, 0.25) is 0 Å². The van der Waals surface area contributed by atoms with Crippen LogP contribution in [0, 0.1) is 5.92 Å². The smallest absolute Gasteiger partial charge is 0.0414 e. The first-order valence-electron chi connectivity index (χ1n) is 25.3. The number of hydrogen-bond donors (Lipinski definition) is 0. The van der Waals surface area contributed by atoms with Gasteiger partial charge in [-0.25, -0.2) is 0 Å². The van der Waals surface area contributed by atoms with E-state index in [1.54, 1.807) is 0 Å². The molecular formula is C51H104. The Hall–Kier alpha value is 0. The SMILES string of the molecule is CCCCCCCCCCCCCCCCCCCCCCCCCCCCCCCCCCC(CCCCCCCC)CCCCCCCC. The molecule has 0 aliphatic rings. The third-order valence-electron chi connectivity index (χ3n) is 12.4. The fourth-order valence-corrected chi connectivity index (χ4v) is 8.67. The molecule has 0 aliphatic carbocycles. The first kappa shape index (κ1) is 51.0. The Morgan fingerprint density at radius 1 is 0.157 bits per heavy atom. The quantitative estimate of drug-likeness (QED) is 0.0550. The highest BCUT2D eigenvalue weighted by molar-refractivity contribution is 4.62. The minimum atomic E-state index is 1.04. The Morgan fingerprint density at radius 3 is 0.412 bits per heavy atom. The summed E-state index contributed by atoms with van der Waals surface area (Å²) in [6, 6.07) is 0. The highest BCUT2D eigenvalue weighted by Gasteiger charge is 2.09. The molecule has 0 saturated heterocycles. The predicted octanol–water partition coefficient (Wildman–Crippen LogP) is 20.0. The average molecular weight is 717 g/mol. The third-order valence-corrected chi connectivity index (χ3v) is 12.4. The lowest BCUT2D eigenvalue weighted by Gasteiger charge is -2.17. The van der Waals surface area contributed by atoms with Gasteiger partial charge in [0.25, 0.3) is 0 Å². The van der Waals surface area contributed by atoms with Crippen LogP contribution in [0.25, 0.3) is 0 Å². The average Bonchev–Trinajstić information content (AvgIpc) is 3.14. The fourth-order valence-electron chi connectivity index (χ4n) is 8.67. The highest BCUT2D eigenvalue weighted by Crippen LogP contribution is 2.25. The van der Waals surface area contributed by atoms with Crippen LogP contribution in [-0.4, -0.2) is 0 Å². The Kier molecular flexibility index (Phi) is 48.0. The summed E-state index contributed by atoms with van der Waals surface area (Å²) in [5.74, 6) is 1.04. The molecule has 0 aliphatic heterocycles. The van der Waals surface area contributed by atoms with Gasteiger partial charge in [0, 0.05) is 0 Å². The van der Waals surface area contributed by atoms with Crippen molar-refractivity contribution in [3.8, 4) is 0 Å². The summed E-state index contributed by atoms with van der Waals surface area (Å²) in [4.78, 5) is 0. The van der Waals surface area contributed by atoms with E-state index in [1.165, 1.54) is 302 Å². The standard InChI is InChI=1S/C51H104/c1-4-7-10-13-16-17-18-19-20-21-22-23-24-25-26-27-28-29-30-31-32-33-34-35-36-37-38-39-40-41-44-47-50-51(48-45-42-14-11-8-5-2)49-46-43-15-12-9-6-3/h51H,4-50H2,1-3H3. The molecule has 0 radical (unpaired) electrons. The molecule has 51 heavy (non-hydrogen) atoms. The number of rotatable bonds is 47. The molecule has 0 saturated carbocycles. The van der Waals surface area contributed by atoms with Crippen molar-refractivity contribution in [3.05, 3.63) is 0 Å². The van der Waals surface area contributed by atoms with Crippen molar-refractivity contribution in [1.82, 2.24) is 0 Å². The Labute approximate surface area is 327 Å². The van der Waals surface area contributed by atoms with Crippen molar-refractivity contribution in [2.45, 2.75) is 323 Å². The molecule has 0 nitrogen and oxygen atoms in total. The summed E-state index contributed by atoms with van der Waals surface area (Å²) in [6.07, 6.45) is 69.8. The third kappa shape index (κ3) is 46.1. The van der Waals surface area contributed by atoms with Gasteiger partial charge < -0.3 is 0 Å². The van der Waals surface area contributed by atoms with E-state index in [9.17, 15) is 0 Å². The van der Waals surface area contributed by atoms with Gasteiger partial charge >= 0.3 is 0 Å². The maximum atomic E-state index is 2.34. The van der Waals surface area contributed by atoms with E-state index in [4.69, 9.17) is 0 Å². The van der Waals surface area contributed by atoms with E-state index in [0.29, 0.717) is 0 Å². The minimum Gasteiger partial charge on any atom is -0.0654 e. The lowest BCUT2D eigenvalue weighted by molar-refractivity contribution is 0.365. The van der Waals surface area contributed by atoms with Gasteiger partial charge in [0.05, 0.1) is 0 Å². The van der Waals surface area contributed by atoms with Crippen molar-refractivity contribution in [2.24, 2.45) is 5.92 Å². The van der Waals surface area contributed by atoms with Crippen LogP contribution >= 0.6 is 0 Å². The molecular weight excluding hydrogens is 613 g/mol. The van der Waals surface area contributed by atoms with Gasteiger partial charge in [0.15, 0.2) is 0 Å². The molecule has 0 aromatic rings. The predicted molar refractivity (Wildman–Crippen MR) is 238 cm³/mol. The lowest BCUT2D eigenvalue weighted by Crippen LogP contribution is -2.01.